The SMILES string of the molecule is COC(OC)C(=O)C[C@](O)(c1ccc(C(F)(F)F)cc1)C(F)(F)F. The number of benzene rings is 1. The Labute approximate surface area is 133 Å². The van der Waals surface area contributed by atoms with E-state index in [0.29, 0.717) is 24.3 Å². The van der Waals surface area contributed by atoms with Crippen molar-refractivity contribution in [2.75, 3.05) is 14.2 Å². The van der Waals surface area contributed by atoms with E-state index in [2.05, 4.69) is 9.47 Å². The minimum absolute atomic E-state index is 0.390. The Hall–Kier alpha value is -1.65. The van der Waals surface area contributed by atoms with E-state index in [1.54, 1.807) is 0 Å². The van der Waals surface area contributed by atoms with Crippen LogP contribution in [0, 0.1) is 0 Å². The van der Waals surface area contributed by atoms with Gasteiger partial charge in [0.2, 0.25) is 6.29 Å². The third-order valence-corrected chi connectivity index (χ3v) is 3.28. The highest BCUT2D eigenvalue weighted by atomic mass is 19.4. The highest BCUT2D eigenvalue weighted by Crippen LogP contribution is 2.43. The molecule has 0 aliphatic rings. The van der Waals surface area contributed by atoms with Crippen LogP contribution in [-0.4, -0.2) is 37.6 Å². The van der Waals surface area contributed by atoms with Crippen molar-refractivity contribution in [1.82, 2.24) is 0 Å². The van der Waals surface area contributed by atoms with Crippen LogP contribution in [0.15, 0.2) is 24.3 Å². The zero-order valence-electron chi connectivity index (χ0n) is 12.5. The van der Waals surface area contributed by atoms with E-state index < -0.39 is 47.6 Å². The van der Waals surface area contributed by atoms with Gasteiger partial charge in [0.1, 0.15) is 0 Å². The first kappa shape index (κ1) is 20.4. The molecule has 1 aromatic rings. The van der Waals surface area contributed by atoms with Gasteiger partial charge in [-0.15, -0.1) is 0 Å². The van der Waals surface area contributed by atoms with Gasteiger partial charge in [-0.05, 0) is 17.7 Å². The fraction of sp³-hybridized carbons (Fsp3) is 0.500. The molecule has 0 unspecified atom stereocenters. The Balaban J connectivity index is 3.24. The van der Waals surface area contributed by atoms with E-state index in [-0.39, 0.29) is 0 Å². The van der Waals surface area contributed by atoms with E-state index in [1.807, 2.05) is 0 Å². The van der Waals surface area contributed by atoms with Crippen LogP contribution in [0.25, 0.3) is 0 Å². The number of alkyl halides is 6. The highest BCUT2D eigenvalue weighted by Gasteiger charge is 2.56. The summed E-state index contributed by atoms with van der Waals surface area (Å²) in [6.07, 6.45) is -13.2. The van der Waals surface area contributed by atoms with Crippen LogP contribution in [0.3, 0.4) is 0 Å². The summed E-state index contributed by atoms with van der Waals surface area (Å²) in [7, 11) is 2.02. The van der Waals surface area contributed by atoms with Gasteiger partial charge in [-0.2, -0.15) is 26.3 Å². The number of hydrogen-bond acceptors (Lipinski definition) is 4. The van der Waals surface area contributed by atoms with Crippen LogP contribution in [0.4, 0.5) is 26.3 Å². The molecule has 0 heterocycles. The molecule has 0 fully saturated rings. The highest BCUT2D eigenvalue weighted by molar-refractivity contribution is 5.83. The molecule has 0 saturated heterocycles. The molecule has 136 valence electrons. The number of ketones is 1. The molecule has 0 radical (unpaired) electrons. The Bertz CT molecular complexity index is 562. The van der Waals surface area contributed by atoms with E-state index in [1.165, 1.54) is 0 Å². The van der Waals surface area contributed by atoms with Crippen LogP contribution in [0.1, 0.15) is 17.5 Å². The summed E-state index contributed by atoms with van der Waals surface area (Å²) in [5, 5.41) is 9.98. The number of ether oxygens (including phenoxy) is 2. The number of halogens is 6. The van der Waals surface area contributed by atoms with E-state index in [4.69, 9.17) is 0 Å². The minimum Gasteiger partial charge on any atom is -0.376 e. The molecular weight excluding hydrogens is 346 g/mol. The number of carbonyl (C=O) groups excluding carboxylic acids is 1. The first-order valence-corrected chi connectivity index (χ1v) is 6.42. The summed E-state index contributed by atoms with van der Waals surface area (Å²) < 4.78 is 86.2. The summed E-state index contributed by atoms with van der Waals surface area (Å²) >= 11 is 0. The second-order valence-electron chi connectivity index (χ2n) is 4.88. The number of rotatable bonds is 6. The maximum atomic E-state index is 13.3. The summed E-state index contributed by atoms with van der Waals surface area (Å²) in [5.74, 6) is -1.22. The van der Waals surface area contributed by atoms with Gasteiger partial charge in [-0.25, -0.2) is 0 Å². The van der Waals surface area contributed by atoms with Crippen molar-refractivity contribution in [3.8, 4) is 0 Å². The molecule has 24 heavy (non-hydrogen) atoms. The van der Waals surface area contributed by atoms with E-state index in [9.17, 15) is 36.2 Å². The summed E-state index contributed by atoms with van der Waals surface area (Å²) in [6, 6.07) is 1.72. The van der Waals surface area contributed by atoms with E-state index in [0.717, 1.165) is 14.2 Å². The van der Waals surface area contributed by atoms with Crippen molar-refractivity contribution in [2.24, 2.45) is 0 Å². The van der Waals surface area contributed by atoms with Crippen molar-refractivity contribution in [1.29, 1.82) is 0 Å². The molecule has 1 N–H and O–H groups in total. The van der Waals surface area contributed by atoms with Gasteiger partial charge in [0.25, 0.3) is 0 Å². The Kier molecular flexibility index (Phi) is 6.01. The lowest BCUT2D eigenvalue weighted by atomic mass is 9.87. The smallest absolute Gasteiger partial charge is 0.376 e. The predicted molar refractivity (Wildman–Crippen MR) is 68.8 cm³/mol. The molecule has 1 aromatic carbocycles. The van der Waals surface area contributed by atoms with Crippen molar-refractivity contribution in [3.05, 3.63) is 35.4 Å². The predicted octanol–water partition coefficient (Wildman–Crippen LogP) is 3.03. The van der Waals surface area contributed by atoms with Crippen molar-refractivity contribution < 1.29 is 45.7 Å². The number of carbonyl (C=O) groups is 1. The lowest BCUT2D eigenvalue weighted by molar-refractivity contribution is -0.269. The average Bonchev–Trinajstić information content (AvgIpc) is 2.46. The summed E-state index contributed by atoms with van der Waals surface area (Å²) in [4.78, 5) is 11.8. The fourth-order valence-corrected chi connectivity index (χ4v) is 2.00. The van der Waals surface area contributed by atoms with Gasteiger partial charge in [0.05, 0.1) is 12.0 Å². The van der Waals surface area contributed by atoms with Crippen molar-refractivity contribution in [3.63, 3.8) is 0 Å². The number of aliphatic hydroxyl groups is 1. The minimum atomic E-state index is -5.31. The van der Waals surface area contributed by atoms with Crippen LogP contribution < -0.4 is 0 Å². The maximum Gasteiger partial charge on any atom is 0.421 e. The van der Waals surface area contributed by atoms with Crippen LogP contribution in [-0.2, 0) is 26.0 Å². The topological polar surface area (TPSA) is 55.8 Å². The molecule has 10 heteroatoms. The number of hydrogen-bond donors (Lipinski definition) is 1. The Morgan fingerprint density at radius 2 is 1.42 bits per heavy atom. The van der Waals surface area contributed by atoms with Gasteiger partial charge in [0, 0.05) is 14.2 Å². The Morgan fingerprint density at radius 1 is 1.00 bits per heavy atom. The van der Waals surface area contributed by atoms with Gasteiger partial charge in [-0.3, -0.25) is 4.79 Å². The third kappa shape index (κ3) is 4.25. The molecule has 1 atom stereocenters. The molecule has 0 saturated carbocycles. The molecule has 0 aliphatic heterocycles. The first-order valence-electron chi connectivity index (χ1n) is 6.42. The van der Waals surface area contributed by atoms with Gasteiger partial charge < -0.3 is 14.6 Å². The normalized spacial score (nSPS) is 15.4. The lowest BCUT2D eigenvalue weighted by Crippen LogP contribution is -2.46. The van der Waals surface area contributed by atoms with Crippen molar-refractivity contribution >= 4 is 5.78 Å². The second kappa shape index (κ2) is 7.08. The van der Waals surface area contributed by atoms with Crippen molar-refractivity contribution in [2.45, 2.75) is 30.7 Å². The van der Waals surface area contributed by atoms with Crippen LogP contribution in [0.5, 0.6) is 0 Å². The number of Topliss-reactive ketones (excluding diaryl/α,β-unsaturated/α-hetero) is 1. The molecule has 0 aromatic heterocycles. The van der Waals surface area contributed by atoms with Crippen LogP contribution >= 0.6 is 0 Å². The Morgan fingerprint density at radius 3 is 1.75 bits per heavy atom. The standard InChI is InChI=1S/C14H14F6O4/c1-23-11(24-2)10(21)7-12(22,14(18,19)20)8-3-5-9(6-4-8)13(15,16)17/h3-6,11,22H,7H2,1-2H3/t12-/m0/s1. The average molecular weight is 360 g/mol. The molecule has 0 bridgehead atoms. The molecule has 0 spiro atoms. The summed E-state index contributed by atoms with van der Waals surface area (Å²) in [6.45, 7) is 0. The zero-order valence-corrected chi connectivity index (χ0v) is 12.5. The fourth-order valence-electron chi connectivity index (χ4n) is 2.00. The molecule has 0 aliphatic carbocycles. The number of methoxy groups -OCH3 is 2. The first-order chi connectivity index (χ1) is 10.9. The molecular formula is C14H14F6O4. The largest absolute Gasteiger partial charge is 0.421 e. The van der Waals surface area contributed by atoms with Gasteiger partial charge in [-0.1, -0.05) is 12.1 Å². The van der Waals surface area contributed by atoms with Gasteiger partial charge >= 0.3 is 12.4 Å². The maximum absolute atomic E-state index is 13.3. The molecule has 4 nitrogen and oxygen atoms in total. The zero-order chi connectivity index (χ0) is 18.8. The second-order valence-corrected chi connectivity index (χ2v) is 4.88. The lowest BCUT2D eigenvalue weighted by Gasteiger charge is -2.31. The monoisotopic (exact) mass is 360 g/mol. The van der Waals surface area contributed by atoms with E-state index >= 15 is 0 Å². The summed E-state index contributed by atoms with van der Waals surface area (Å²) in [5.41, 5.74) is -5.76. The van der Waals surface area contributed by atoms with Gasteiger partial charge in [0.15, 0.2) is 11.4 Å². The van der Waals surface area contributed by atoms with Crippen LogP contribution in [0.2, 0.25) is 0 Å². The molecule has 1 rings (SSSR count). The molecule has 0 amide bonds. The quantitative estimate of drug-likeness (QED) is 0.626. The third-order valence-electron chi connectivity index (χ3n) is 3.28.